The van der Waals surface area contributed by atoms with Crippen molar-refractivity contribution in [2.45, 2.75) is 13.1 Å². The third kappa shape index (κ3) is 5.00. The Kier molecular flexibility index (Phi) is 6.40. The van der Waals surface area contributed by atoms with Gasteiger partial charge in [0.15, 0.2) is 0 Å². The average Bonchev–Trinajstić information content (AvgIpc) is 2.86. The van der Waals surface area contributed by atoms with Crippen molar-refractivity contribution in [1.29, 1.82) is 5.26 Å². The summed E-state index contributed by atoms with van der Waals surface area (Å²) in [7, 11) is 1.63. The molecule has 0 fully saturated rings. The van der Waals surface area contributed by atoms with E-state index in [-0.39, 0.29) is 22.4 Å². The van der Waals surface area contributed by atoms with Crippen LogP contribution in [0, 0.1) is 18.3 Å². The minimum atomic E-state index is -4.57. The van der Waals surface area contributed by atoms with Crippen molar-refractivity contribution in [2.24, 2.45) is 7.05 Å². The molecule has 0 radical (unpaired) electrons. The van der Waals surface area contributed by atoms with Crippen molar-refractivity contribution >= 4 is 11.4 Å². The van der Waals surface area contributed by atoms with Gasteiger partial charge in [-0.2, -0.15) is 18.4 Å². The first kappa shape index (κ1) is 24.3. The average molecular weight is 488 g/mol. The smallest absolute Gasteiger partial charge is 0.354 e. The molecule has 0 atom stereocenters. The van der Waals surface area contributed by atoms with Gasteiger partial charge in [0.1, 0.15) is 11.8 Å². The molecule has 4 rings (SSSR count). The van der Waals surface area contributed by atoms with Crippen LogP contribution in [0.4, 0.5) is 18.9 Å². The lowest BCUT2D eigenvalue weighted by Crippen LogP contribution is -2.14. The van der Waals surface area contributed by atoms with Gasteiger partial charge in [0.25, 0.3) is 5.56 Å². The summed E-state index contributed by atoms with van der Waals surface area (Å²) in [5, 5.41) is 12.7. The molecule has 4 aromatic rings. The van der Waals surface area contributed by atoms with Gasteiger partial charge in [0, 0.05) is 65.3 Å². The molecule has 36 heavy (non-hydrogen) atoms. The predicted octanol–water partition coefficient (Wildman–Crippen LogP) is 5.19. The Morgan fingerprint density at radius 3 is 2.56 bits per heavy atom. The van der Waals surface area contributed by atoms with E-state index in [2.05, 4.69) is 32.9 Å². The van der Waals surface area contributed by atoms with Gasteiger partial charge >= 0.3 is 6.18 Å². The number of hydrogen-bond donors (Lipinski definition) is 1. The Hall–Kier alpha value is -4.78. The molecule has 0 saturated heterocycles. The molecule has 0 amide bonds. The topological polar surface area (TPSA) is 96.5 Å². The van der Waals surface area contributed by atoms with Crippen molar-refractivity contribution in [3.8, 4) is 28.5 Å². The number of alkyl halides is 3. The standard InChI is InChI=1S/C26H19F3N6O/c1-15(17-4-6-31-23(9-17)26(27,28)29)34-21-11-22(16(2)32-14-21)20-8-19(12-30)25(33-13-20)18-5-7-35(3)24(36)10-18/h4-11,13-14,34H,1H2,2-3H3. The van der Waals surface area contributed by atoms with Gasteiger partial charge in [-0.25, -0.2) is 0 Å². The highest BCUT2D eigenvalue weighted by Gasteiger charge is 2.32. The molecule has 0 saturated carbocycles. The monoisotopic (exact) mass is 488 g/mol. The molecule has 0 aliphatic heterocycles. The van der Waals surface area contributed by atoms with Gasteiger partial charge in [0.2, 0.25) is 0 Å². The molecule has 7 nitrogen and oxygen atoms in total. The van der Waals surface area contributed by atoms with E-state index in [9.17, 15) is 23.2 Å². The number of nitriles is 1. The molecule has 0 aliphatic rings. The van der Waals surface area contributed by atoms with Crippen LogP contribution in [0.5, 0.6) is 0 Å². The van der Waals surface area contributed by atoms with E-state index in [1.807, 2.05) is 0 Å². The van der Waals surface area contributed by atoms with E-state index < -0.39 is 11.9 Å². The van der Waals surface area contributed by atoms with Gasteiger partial charge in [-0.3, -0.25) is 19.7 Å². The third-order valence-electron chi connectivity index (χ3n) is 5.48. The summed E-state index contributed by atoms with van der Waals surface area (Å²) in [6.45, 7) is 5.62. The van der Waals surface area contributed by atoms with Gasteiger partial charge < -0.3 is 9.88 Å². The lowest BCUT2D eigenvalue weighted by atomic mass is 10.0. The summed E-state index contributed by atoms with van der Waals surface area (Å²) < 4.78 is 40.5. The number of aryl methyl sites for hydroxylation is 2. The van der Waals surface area contributed by atoms with Crippen LogP contribution in [0.15, 0.2) is 72.6 Å². The van der Waals surface area contributed by atoms with Crippen molar-refractivity contribution in [3.63, 3.8) is 0 Å². The number of halogens is 3. The maximum atomic E-state index is 13.0. The zero-order valence-corrected chi connectivity index (χ0v) is 19.3. The van der Waals surface area contributed by atoms with E-state index in [4.69, 9.17) is 0 Å². The highest BCUT2D eigenvalue weighted by atomic mass is 19.4. The maximum Gasteiger partial charge on any atom is 0.433 e. The minimum Gasteiger partial charge on any atom is -0.354 e. The van der Waals surface area contributed by atoms with Gasteiger partial charge in [0.05, 0.1) is 23.1 Å². The van der Waals surface area contributed by atoms with E-state index in [0.717, 1.165) is 12.3 Å². The van der Waals surface area contributed by atoms with E-state index in [0.29, 0.717) is 33.8 Å². The normalized spacial score (nSPS) is 11.1. The summed E-state index contributed by atoms with van der Waals surface area (Å²) in [6, 6.07) is 11.0. The fraction of sp³-hybridized carbons (Fsp3) is 0.115. The van der Waals surface area contributed by atoms with Gasteiger partial charge in [-0.1, -0.05) is 6.58 Å². The summed E-state index contributed by atoms with van der Waals surface area (Å²) in [5.74, 6) is 0. The van der Waals surface area contributed by atoms with Gasteiger partial charge in [-0.15, -0.1) is 0 Å². The number of rotatable bonds is 5. The molecule has 10 heteroatoms. The largest absolute Gasteiger partial charge is 0.433 e. The number of nitrogens with one attached hydrogen (secondary N) is 1. The fourth-order valence-electron chi connectivity index (χ4n) is 3.54. The van der Waals surface area contributed by atoms with Crippen molar-refractivity contribution < 1.29 is 13.2 Å². The Bertz CT molecular complexity index is 1580. The minimum absolute atomic E-state index is 0.224. The molecule has 1 N–H and O–H groups in total. The van der Waals surface area contributed by atoms with Crippen molar-refractivity contribution in [1.82, 2.24) is 19.5 Å². The molecule has 180 valence electrons. The molecule has 0 bridgehead atoms. The first-order chi connectivity index (χ1) is 17.1. The Morgan fingerprint density at radius 1 is 1.08 bits per heavy atom. The third-order valence-corrected chi connectivity index (χ3v) is 5.48. The molecule has 0 aromatic carbocycles. The van der Waals surface area contributed by atoms with Crippen LogP contribution in [0.3, 0.4) is 0 Å². The second kappa shape index (κ2) is 9.46. The predicted molar refractivity (Wildman–Crippen MR) is 129 cm³/mol. The van der Waals surface area contributed by atoms with Crippen molar-refractivity contribution in [3.05, 3.63) is 101 Å². The quantitative estimate of drug-likeness (QED) is 0.416. The Balaban J connectivity index is 1.66. The van der Waals surface area contributed by atoms with E-state index >= 15 is 0 Å². The van der Waals surface area contributed by atoms with Crippen LogP contribution in [0.25, 0.3) is 28.1 Å². The summed E-state index contributed by atoms with van der Waals surface area (Å²) >= 11 is 0. The highest BCUT2D eigenvalue weighted by Crippen LogP contribution is 2.31. The summed E-state index contributed by atoms with van der Waals surface area (Å²) in [6.07, 6.45) is 1.21. The second-order valence-electron chi connectivity index (χ2n) is 7.98. The number of aromatic nitrogens is 4. The number of pyridine rings is 4. The first-order valence-electron chi connectivity index (χ1n) is 10.6. The summed E-state index contributed by atoms with van der Waals surface area (Å²) in [5.41, 5.74) is 2.82. The molecule has 4 aromatic heterocycles. The van der Waals surface area contributed by atoms with E-state index in [1.165, 1.54) is 22.9 Å². The Labute approximate surface area is 204 Å². The van der Waals surface area contributed by atoms with Crippen LogP contribution in [0.2, 0.25) is 0 Å². The lowest BCUT2D eigenvalue weighted by Gasteiger charge is -2.14. The summed E-state index contributed by atoms with van der Waals surface area (Å²) in [4.78, 5) is 24.2. The lowest BCUT2D eigenvalue weighted by molar-refractivity contribution is -0.141. The second-order valence-corrected chi connectivity index (χ2v) is 7.98. The zero-order chi connectivity index (χ0) is 26.0. The van der Waals surface area contributed by atoms with Crippen LogP contribution in [-0.2, 0) is 13.2 Å². The SMILES string of the molecule is C=C(Nc1cnc(C)c(-c2cnc(-c3ccn(C)c(=O)c3)c(C#N)c2)c1)c1ccnc(C(F)(F)F)c1. The van der Waals surface area contributed by atoms with Crippen LogP contribution < -0.4 is 10.9 Å². The van der Waals surface area contributed by atoms with Crippen LogP contribution in [0.1, 0.15) is 22.5 Å². The van der Waals surface area contributed by atoms with Crippen LogP contribution >= 0.6 is 0 Å². The molecule has 0 aliphatic carbocycles. The van der Waals surface area contributed by atoms with Crippen LogP contribution in [-0.4, -0.2) is 19.5 Å². The van der Waals surface area contributed by atoms with Crippen molar-refractivity contribution in [2.75, 3.05) is 5.32 Å². The first-order valence-corrected chi connectivity index (χ1v) is 10.6. The molecule has 4 heterocycles. The number of hydrogen-bond acceptors (Lipinski definition) is 6. The maximum absolute atomic E-state index is 13.0. The zero-order valence-electron chi connectivity index (χ0n) is 19.3. The van der Waals surface area contributed by atoms with Gasteiger partial charge in [-0.05, 0) is 37.3 Å². The van der Waals surface area contributed by atoms with E-state index in [1.54, 1.807) is 44.6 Å². The number of nitrogens with zero attached hydrogens (tertiary/aromatic N) is 5. The molecule has 0 unspecified atom stereocenters. The molecular formula is C26H19F3N6O. The molecular weight excluding hydrogens is 469 g/mol. The number of anilines is 1. The Morgan fingerprint density at radius 2 is 1.86 bits per heavy atom. The highest BCUT2D eigenvalue weighted by molar-refractivity contribution is 5.79. The molecule has 0 spiro atoms. The fourth-order valence-corrected chi connectivity index (χ4v) is 3.54.